The van der Waals surface area contributed by atoms with Gasteiger partial charge in [0.15, 0.2) is 5.82 Å². The Labute approximate surface area is 110 Å². The molecule has 1 N–H and O–H groups in total. The Kier molecular flexibility index (Phi) is 3.71. The molecule has 0 aromatic carbocycles. The van der Waals surface area contributed by atoms with Crippen LogP contribution in [0.1, 0.15) is 29.4 Å². The van der Waals surface area contributed by atoms with Gasteiger partial charge >= 0.3 is 0 Å². The maximum absolute atomic E-state index is 5.30. The normalized spacial score (nSPS) is 20.1. The van der Waals surface area contributed by atoms with Crippen LogP contribution in [0.5, 0.6) is 0 Å². The number of piperidine rings is 1. The second-order valence-corrected chi connectivity index (χ2v) is 5.81. The third kappa shape index (κ3) is 2.97. The molecule has 1 unspecified atom stereocenters. The first kappa shape index (κ1) is 11.9. The van der Waals surface area contributed by atoms with Crippen molar-refractivity contribution in [2.45, 2.75) is 25.7 Å². The van der Waals surface area contributed by atoms with Crippen molar-refractivity contribution in [3.8, 4) is 0 Å². The van der Waals surface area contributed by atoms with Gasteiger partial charge in [-0.15, -0.1) is 11.3 Å². The lowest BCUT2D eigenvalue weighted by molar-refractivity contribution is 0.352. The number of rotatable bonds is 4. The molecule has 3 rings (SSSR count). The lowest BCUT2D eigenvalue weighted by Gasteiger charge is -2.20. The third-order valence-corrected chi connectivity index (χ3v) is 4.16. The summed E-state index contributed by atoms with van der Waals surface area (Å²) in [7, 11) is 0. The van der Waals surface area contributed by atoms with E-state index < -0.39 is 0 Å². The van der Waals surface area contributed by atoms with Crippen LogP contribution in [0.15, 0.2) is 22.0 Å². The lowest BCUT2D eigenvalue weighted by Crippen LogP contribution is -2.31. The predicted molar refractivity (Wildman–Crippen MR) is 70.7 cm³/mol. The van der Waals surface area contributed by atoms with Crippen molar-refractivity contribution in [1.29, 1.82) is 0 Å². The van der Waals surface area contributed by atoms with Gasteiger partial charge in [0, 0.05) is 11.3 Å². The van der Waals surface area contributed by atoms with Crippen molar-refractivity contribution in [3.05, 3.63) is 34.1 Å². The zero-order valence-corrected chi connectivity index (χ0v) is 11.1. The summed E-state index contributed by atoms with van der Waals surface area (Å²) < 4.78 is 5.30. The van der Waals surface area contributed by atoms with Crippen LogP contribution in [0.2, 0.25) is 0 Å². The van der Waals surface area contributed by atoms with Gasteiger partial charge in [0.25, 0.3) is 0 Å². The quantitative estimate of drug-likeness (QED) is 0.919. The highest BCUT2D eigenvalue weighted by molar-refractivity contribution is 7.09. The van der Waals surface area contributed by atoms with Gasteiger partial charge in [0.05, 0.1) is 6.42 Å². The molecule has 2 aromatic heterocycles. The molecule has 1 aliphatic rings. The molecule has 1 aliphatic heterocycles. The molecule has 1 fully saturated rings. The minimum absolute atomic E-state index is 0.658. The Morgan fingerprint density at radius 2 is 2.50 bits per heavy atom. The van der Waals surface area contributed by atoms with Crippen molar-refractivity contribution >= 4 is 11.3 Å². The van der Waals surface area contributed by atoms with E-state index in [1.165, 1.54) is 17.7 Å². The van der Waals surface area contributed by atoms with Gasteiger partial charge in [0.1, 0.15) is 0 Å². The fourth-order valence-electron chi connectivity index (χ4n) is 2.36. The maximum atomic E-state index is 5.30. The van der Waals surface area contributed by atoms with E-state index in [2.05, 4.69) is 26.9 Å². The van der Waals surface area contributed by atoms with Crippen LogP contribution in [-0.2, 0) is 12.8 Å². The summed E-state index contributed by atoms with van der Waals surface area (Å²) in [5.74, 6) is 2.25. The van der Waals surface area contributed by atoms with Gasteiger partial charge in [0.2, 0.25) is 5.89 Å². The maximum Gasteiger partial charge on any atom is 0.231 e. The van der Waals surface area contributed by atoms with E-state index in [1.807, 2.05) is 6.07 Å². The zero-order chi connectivity index (χ0) is 12.2. The number of nitrogens with zero attached hydrogens (tertiary/aromatic N) is 2. The van der Waals surface area contributed by atoms with Gasteiger partial charge in [-0.2, -0.15) is 4.98 Å². The molecule has 1 saturated heterocycles. The highest BCUT2D eigenvalue weighted by atomic mass is 32.1. The molecule has 4 nitrogen and oxygen atoms in total. The predicted octanol–water partition coefficient (Wildman–Crippen LogP) is 2.26. The van der Waals surface area contributed by atoms with E-state index in [0.717, 1.165) is 37.6 Å². The van der Waals surface area contributed by atoms with Crippen LogP contribution >= 0.6 is 11.3 Å². The Morgan fingerprint density at radius 1 is 1.50 bits per heavy atom. The average molecular weight is 263 g/mol. The SMILES string of the molecule is c1csc(Cc2nc(CC3CCCNC3)no2)c1. The van der Waals surface area contributed by atoms with E-state index in [9.17, 15) is 0 Å². The molecule has 0 spiro atoms. The molecular formula is C13H17N3OS. The Bertz CT molecular complexity index is 474. The first-order valence-corrected chi connectivity index (χ1v) is 7.32. The molecule has 96 valence electrons. The minimum atomic E-state index is 0.658. The minimum Gasteiger partial charge on any atom is -0.339 e. The molecule has 2 aromatic rings. The van der Waals surface area contributed by atoms with Crippen LogP contribution in [0.25, 0.3) is 0 Å². The second kappa shape index (κ2) is 5.63. The largest absolute Gasteiger partial charge is 0.339 e. The summed E-state index contributed by atoms with van der Waals surface area (Å²) in [6, 6.07) is 4.14. The summed E-state index contributed by atoms with van der Waals surface area (Å²) in [5, 5.41) is 9.57. The van der Waals surface area contributed by atoms with Crippen molar-refractivity contribution in [2.75, 3.05) is 13.1 Å². The summed E-state index contributed by atoms with van der Waals surface area (Å²) in [6.45, 7) is 2.22. The number of aromatic nitrogens is 2. The lowest BCUT2D eigenvalue weighted by atomic mass is 9.96. The topological polar surface area (TPSA) is 51.0 Å². The van der Waals surface area contributed by atoms with Crippen LogP contribution in [-0.4, -0.2) is 23.2 Å². The van der Waals surface area contributed by atoms with Gasteiger partial charge in [-0.25, -0.2) is 0 Å². The molecule has 0 saturated carbocycles. The van der Waals surface area contributed by atoms with Crippen molar-refractivity contribution in [1.82, 2.24) is 15.5 Å². The number of nitrogens with one attached hydrogen (secondary N) is 1. The monoisotopic (exact) mass is 263 g/mol. The fourth-order valence-corrected chi connectivity index (χ4v) is 3.06. The highest BCUT2D eigenvalue weighted by Crippen LogP contribution is 2.17. The molecule has 0 bridgehead atoms. The van der Waals surface area contributed by atoms with Crippen molar-refractivity contribution in [2.24, 2.45) is 5.92 Å². The molecular weight excluding hydrogens is 246 g/mol. The molecule has 0 aliphatic carbocycles. The number of hydrogen-bond donors (Lipinski definition) is 1. The molecule has 3 heterocycles. The van der Waals surface area contributed by atoms with E-state index >= 15 is 0 Å². The third-order valence-electron chi connectivity index (χ3n) is 3.29. The number of thiophene rings is 1. The summed E-state index contributed by atoms with van der Waals surface area (Å²) in [5.41, 5.74) is 0. The van der Waals surface area contributed by atoms with Gasteiger partial charge in [-0.05, 0) is 43.3 Å². The Hall–Kier alpha value is -1.20. The van der Waals surface area contributed by atoms with Crippen molar-refractivity contribution in [3.63, 3.8) is 0 Å². The highest BCUT2D eigenvalue weighted by Gasteiger charge is 2.17. The van der Waals surface area contributed by atoms with Crippen molar-refractivity contribution < 1.29 is 4.52 Å². The summed E-state index contributed by atoms with van der Waals surface area (Å²) >= 11 is 1.72. The molecule has 5 heteroatoms. The second-order valence-electron chi connectivity index (χ2n) is 4.78. The van der Waals surface area contributed by atoms with Gasteiger partial charge in [-0.3, -0.25) is 0 Å². The fraction of sp³-hybridized carbons (Fsp3) is 0.538. The van der Waals surface area contributed by atoms with E-state index in [4.69, 9.17) is 4.52 Å². The molecule has 0 amide bonds. The molecule has 0 radical (unpaired) electrons. The van der Waals surface area contributed by atoms with Crippen LogP contribution in [0, 0.1) is 5.92 Å². The van der Waals surface area contributed by atoms with E-state index in [1.54, 1.807) is 11.3 Å². The van der Waals surface area contributed by atoms with E-state index in [-0.39, 0.29) is 0 Å². The number of hydrogen-bond acceptors (Lipinski definition) is 5. The molecule has 18 heavy (non-hydrogen) atoms. The summed E-state index contributed by atoms with van der Waals surface area (Å²) in [4.78, 5) is 5.75. The first-order valence-electron chi connectivity index (χ1n) is 6.45. The average Bonchev–Trinajstić information content (AvgIpc) is 3.03. The first-order chi connectivity index (χ1) is 8.90. The van der Waals surface area contributed by atoms with E-state index in [0.29, 0.717) is 5.92 Å². The smallest absolute Gasteiger partial charge is 0.231 e. The Balaban J connectivity index is 1.59. The van der Waals surface area contributed by atoms with Gasteiger partial charge in [-0.1, -0.05) is 11.2 Å². The van der Waals surface area contributed by atoms with Crippen LogP contribution < -0.4 is 5.32 Å². The zero-order valence-electron chi connectivity index (χ0n) is 10.3. The Morgan fingerprint density at radius 3 is 3.28 bits per heavy atom. The van der Waals surface area contributed by atoms with Gasteiger partial charge < -0.3 is 9.84 Å². The van der Waals surface area contributed by atoms with Crippen LogP contribution in [0.3, 0.4) is 0 Å². The summed E-state index contributed by atoms with van der Waals surface area (Å²) in [6.07, 6.45) is 4.21. The standard InChI is InChI=1S/C13H17N3OS/c1-3-10(9-14-5-1)7-12-15-13(17-16-12)8-11-4-2-6-18-11/h2,4,6,10,14H,1,3,5,7-9H2. The van der Waals surface area contributed by atoms with Crippen LogP contribution in [0.4, 0.5) is 0 Å². The molecule has 1 atom stereocenters.